The van der Waals surface area contributed by atoms with Gasteiger partial charge in [0, 0.05) is 19.0 Å². The maximum absolute atomic E-state index is 12.0. The molecule has 1 aliphatic heterocycles. The summed E-state index contributed by atoms with van der Waals surface area (Å²) in [6.07, 6.45) is 3.35. The molecule has 3 heterocycles. The summed E-state index contributed by atoms with van der Waals surface area (Å²) < 4.78 is 6.94. The summed E-state index contributed by atoms with van der Waals surface area (Å²) in [4.78, 5) is 24.8. The summed E-state index contributed by atoms with van der Waals surface area (Å²) in [5.74, 6) is 0.394. The third-order valence-electron chi connectivity index (χ3n) is 3.38. The van der Waals surface area contributed by atoms with Crippen LogP contribution in [0.25, 0.3) is 0 Å². The number of nitrogens with zero attached hydrogens (tertiary/aromatic N) is 3. The van der Waals surface area contributed by atoms with Gasteiger partial charge in [0.25, 0.3) is 0 Å². The van der Waals surface area contributed by atoms with E-state index < -0.39 is 11.8 Å². The number of hydrogen-bond donors (Lipinski definition) is 1. The second-order valence-electron chi connectivity index (χ2n) is 4.73. The fourth-order valence-corrected chi connectivity index (χ4v) is 2.35. The highest BCUT2D eigenvalue weighted by atomic mass is 16.3. The van der Waals surface area contributed by atoms with Crippen molar-refractivity contribution in [1.82, 2.24) is 9.78 Å². The van der Waals surface area contributed by atoms with Crippen LogP contribution in [0.5, 0.6) is 0 Å². The molecule has 104 valence electrons. The number of aromatic nitrogens is 2. The Kier molecular flexibility index (Phi) is 3.02. The molecule has 2 amide bonds. The fraction of sp³-hybridized carbons (Fsp3) is 0.308. The Labute approximate surface area is 114 Å². The zero-order valence-electron chi connectivity index (χ0n) is 10.7. The molecule has 2 aromatic rings. The lowest BCUT2D eigenvalue weighted by Gasteiger charge is -2.17. The summed E-state index contributed by atoms with van der Waals surface area (Å²) in [6.45, 7) is 0.734. The van der Waals surface area contributed by atoms with E-state index in [-0.39, 0.29) is 12.3 Å². The summed E-state index contributed by atoms with van der Waals surface area (Å²) in [7, 11) is 0. The van der Waals surface area contributed by atoms with E-state index in [1.54, 1.807) is 34.2 Å². The molecule has 0 spiro atoms. The second-order valence-corrected chi connectivity index (χ2v) is 4.73. The first-order chi connectivity index (χ1) is 9.65. The van der Waals surface area contributed by atoms with Gasteiger partial charge in [0.2, 0.25) is 11.8 Å². The maximum Gasteiger partial charge on any atom is 0.229 e. The van der Waals surface area contributed by atoms with E-state index in [1.165, 1.54) is 0 Å². The molecule has 0 saturated carbocycles. The lowest BCUT2D eigenvalue weighted by atomic mass is 10.1. The quantitative estimate of drug-likeness (QED) is 0.871. The van der Waals surface area contributed by atoms with Gasteiger partial charge in [-0.3, -0.25) is 14.5 Å². The van der Waals surface area contributed by atoms with Crippen LogP contribution in [0.3, 0.4) is 0 Å². The van der Waals surface area contributed by atoms with Gasteiger partial charge in [-0.1, -0.05) is 0 Å². The van der Waals surface area contributed by atoms with Crippen molar-refractivity contribution in [3.05, 3.63) is 36.4 Å². The van der Waals surface area contributed by atoms with Crippen molar-refractivity contribution in [2.45, 2.75) is 13.0 Å². The van der Waals surface area contributed by atoms with Gasteiger partial charge in [0.1, 0.15) is 18.1 Å². The molecule has 7 nitrogen and oxygen atoms in total. The molecular formula is C13H14N4O3. The Bertz CT molecular complexity index is 632. The first kappa shape index (κ1) is 12.5. The maximum atomic E-state index is 12.0. The van der Waals surface area contributed by atoms with Gasteiger partial charge in [-0.05, 0) is 12.1 Å². The molecule has 20 heavy (non-hydrogen) atoms. The lowest BCUT2D eigenvalue weighted by Crippen LogP contribution is -2.30. The Hall–Kier alpha value is -2.57. The van der Waals surface area contributed by atoms with Crippen LogP contribution >= 0.6 is 0 Å². The molecule has 1 aliphatic rings. The molecule has 7 heteroatoms. The van der Waals surface area contributed by atoms with E-state index in [0.717, 1.165) is 5.76 Å². The second kappa shape index (κ2) is 4.84. The van der Waals surface area contributed by atoms with Gasteiger partial charge in [-0.2, -0.15) is 5.10 Å². The van der Waals surface area contributed by atoms with E-state index in [0.29, 0.717) is 18.9 Å². The third-order valence-corrected chi connectivity index (χ3v) is 3.38. The Morgan fingerprint density at radius 3 is 3.00 bits per heavy atom. The number of nitrogens with two attached hydrogens (primary N) is 1. The average Bonchev–Trinajstić information content (AvgIpc) is 3.10. The van der Waals surface area contributed by atoms with Crippen molar-refractivity contribution in [3.8, 4) is 0 Å². The lowest BCUT2D eigenvalue weighted by molar-refractivity contribution is -0.123. The van der Waals surface area contributed by atoms with E-state index in [9.17, 15) is 9.59 Å². The van der Waals surface area contributed by atoms with E-state index in [2.05, 4.69) is 5.10 Å². The number of carbonyl (C=O) groups excluding carboxylic acids is 2. The SMILES string of the molecule is NC(=O)C1CC(=O)N(c2ccnn2Cc2ccco2)C1. The normalized spacial score (nSPS) is 18.7. The molecule has 1 saturated heterocycles. The molecular weight excluding hydrogens is 260 g/mol. The molecule has 2 N–H and O–H groups in total. The van der Waals surface area contributed by atoms with Gasteiger partial charge in [0.05, 0.1) is 18.4 Å². The van der Waals surface area contributed by atoms with E-state index >= 15 is 0 Å². The van der Waals surface area contributed by atoms with Gasteiger partial charge in [0.15, 0.2) is 0 Å². The minimum atomic E-state index is -0.446. The molecule has 1 unspecified atom stereocenters. The highest BCUT2D eigenvalue weighted by Crippen LogP contribution is 2.25. The van der Waals surface area contributed by atoms with E-state index in [1.807, 2.05) is 6.07 Å². The van der Waals surface area contributed by atoms with Crippen LogP contribution in [0.2, 0.25) is 0 Å². The number of anilines is 1. The van der Waals surface area contributed by atoms with Gasteiger partial charge < -0.3 is 10.2 Å². The van der Waals surface area contributed by atoms with Crippen LogP contribution in [0.15, 0.2) is 35.1 Å². The summed E-state index contributed by atoms with van der Waals surface area (Å²) in [5, 5.41) is 4.19. The third kappa shape index (κ3) is 2.18. The summed E-state index contributed by atoms with van der Waals surface area (Å²) >= 11 is 0. The van der Waals surface area contributed by atoms with Gasteiger partial charge in [-0.15, -0.1) is 0 Å². The number of furan rings is 1. The topological polar surface area (TPSA) is 94.4 Å². The summed E-state index contributed by atoms with van der Waals surface area (Å²) in [5.41, 5.74) is 5.27. The van der Waals surface area contributed by atoms with Crippen molar-refractivity contribution in [2.75, 3.05) is 11.4 Å². The van der Waals surface area contributed by atoms with Crippen molar-refractivity contribution in [1.29, 1.82) is 0 Å². The number of amides is 2. The number of rotatable bonds is 4. The molecule has 0 radical (unpaired) electrons. The van der Waals surface area contributed by atoms with Crippen LogP contribution in [-0.4, -0.2) is 28.1 Å². The van der Waals surface area contributed by atoms with Crippen LogP contribution in [-0.2, 0) is 16.1 Å². The molecule has 0 aliphatic carbocycles. The Balaban J connectivity index is 1.83. The van der Waals surface area contributed by atoms with Crippen LogP contribution in [0, 0.1) is 5.92 Å². The Morgan fingerprint density at radius 2 is 2.35 bits per heavy atom. The zero-order chi connectivity index (χ0) is 14.1. The summed E-state index contributed by atoms with van der Waals surface area (Å²) in [6, 6.07) is 5.37. The van der Waals surface area contributed by atoms with Gasteiger partial charge >= 0.3 is 0 Å². The molecule has 1 atom stereocenters. The number of carbonyl (C=O) groups is 2. The zero-order valence-corrected chi connectivity index (χ0v) is 10.7. The largest absolute Gasteiger partial charge is 0.467 e. The predicted octanol–water partition coefficient (Wildman–Crippen LogP) is 0.363. The smallest absolute Gasteiger partial charge is 0.229 e. The average molecular weight is 274 g/mol. The van der Waals surface area contributed by atoms with Crippen molar-refractivity contribution < 1.29 is 14.0 Å². The Morgan fingerprint density at radius 1 is 1.50 bits per heavy atom. The van der Waals surface area contributed by atoms with Crippen molar-refractivity contribution in [3.63, 3.8) is 0 Å². The predicted molar refractivity (Wildman–Crippen MR) is 69.7 cm³/mol. The molecule has 0 aromatic carbocycles. The first-order valence-corrected chi connectivity index (χ1v) is 6.29. The van der Waals surface area contributed by atoms with Crippen molar-refractivity contribution >= 4 is 17.6 Å². The van der Waals surface area contributed by atoms with Crippen LogP contribution in [0.1, 0.15) is 12.2 Å². The minimum absolute atomic E-state index is 0.116. The molecule has 1 fully saturated rings. The standard InChI is InChI=1S/C13H14N4O3/c14-13(19)9-6-12(18)16(7-9)11-3-4-15-17(11)8-10-2-1-5-20-10/h1-5,9H,6-8H2,(H2,14,19). The number of primary amides is 1. The monoisotopic (exact) mass is 274 g/mol. The number of hydrogen-bond acceptors (Lipinski definition) is 4. The highest BCUT2D eigenvalue weighted by Gasteiger charge is 2.35. The van der Waals surface area contributed by atoms with Crippen LogP contribution < -0.4 is 10.6 Å². The molecule has 2 aromatic heterocycles. The highest BCUT2D eigenvalue weighted by molar-refractivity contribution is 5.99. The van der Waals surface area contributed by atoms with Crippen LogP contribution in [0.4, 0.5) is 5.82 Å². The molecule has 0 bridgehead atoms. The van der Waals surface area contributed by atoms with Gasteiger partial charge in [-0.25, -0.2) is 4.68 Å². The van der Waals surface area contributed by atoms with E-state index in [4.69, 9.17) is 10.2 Å². The molecule has 3 rings (SSSR count). The van der Waals surface area contributed by atoms with Crippen molar-refractivity contribution in [2.24, 2.45) is 11.7 Å². The first-order valence-electron chi connectivity index (χ1n) is 6.29. The minimum Gasteiger partial charge on any atom is -0.467 e. The fourth-order valence-electron chi connectivity index (χ4n) is 2.35.